The van der Waals surface area contributed by atoms with E-state index in [-0.39, 0.29) is 30.3 Å². The van der Waals surface area contributed by atoms with Crippen LogP contribution in [0.25, 0.3) is 0 Å². The molecule has 0 radical (unpaired) electrons. The number of alkyl halides is 3. The van der Waals surface area contributed by atoms with E-state index in [1.807, 2.05) is 0 Å². The third kappa shape index (κ3) is 11.4. The summed E-state index contributed by atoms with van der Waals surface area (Å²) in [5, 5.41) is 0. The molecule has 0 bridgehead atoms. The maximum absolute atomic E-state index is 12.3. The molecular formula is C30H31F3N2O7. The van der Waals surface area contributed by atoms with Crippen molar-refractivity contribution in [1.82, 2.24) is 0 Å². The Morgan fingerprint density at radius 1 is 0.667 bits per heavy atom. The quantitative estimate of drug-likeness (QED) is 0.103. The van der Waals surface area contributed by atoms with Crippen LogP contribution in [0.15, 0.2) is 66.7 Å². The summed E-state index contributed by atoms with van der Waals surface area (Å²) in [5.74, 6) is -1.76. The number of esters is 3. The molecule has 0 heterocycles. The first-order valence-corrected chi connectivity index (χ1v) is 13.1. The Bertz CT molecular complexity index is 1320. The highest BCUT2D eigenvalue weighted by molar-refractivity contribution is 5.92. The first kappa shape index (κ1) is 31.8. The number of nitrogen functional groups attached to an aromatic ring is 2. The fourth-order valence-corrected chi connectivity index (χ4v) is 3.79. The second-order valence-corrected chi connectivity index (χ2v) is 9.26. The number of aryl methyl sites for hydroxylation is 1. The molecule has 3 aromatic carbocycles. The Morgan fingerprint density at radius 2 is 1.24 bits per heavy atom. The topological polar surface area (TPSA) is 140 Å². The summed E-state index contributed by atoms with van der Waals surface area (Å²) in [7, 11) is 0. The highest BCUT2D eigenvalue weighted by Crippen LogP contribution is 2.23. The van der Waals surface area contributed by atoms with Gasteiger partial charge in [0.25, 0.3) is 0 Å². The van der Waals surface area contributed by atoms with Gasteiger partial charge in [0.2, 0.25) is 0 Å². The molecule has 0 spiro atoms. The van der Waals surface area contributed by atoms with Crippen molar-refractivity contribution in [1.29, 1.82) is 0 Å². The van der Waals surface area contributed by atoms with Crippen molar-refractivity contribution in [3.05, 3.63) is 83.4 Å². The molecule has 3 rings (SSSR count). The summed E-state index contributed by atoms with van der Waals surface area (Å²) < 4.78 is 56.3. The molecule has 9 nitrogen and oxygen atoms in total. The highest BCUT2D eigenvalue weighted by atomic mass is 19.4. The van der Waals surface area contributed by atoms with Gasteiger partial charge in [-0.1, -0.05) is 12.1 Å². The van der Waals surface area contributed by atoms with Crippen molar-refractivity contribution < 1.29 is 46.5 Å². The monoisotopic (exact) mass is 588 g/mol. The number of nitrogens with two attached hydrogens (primary N) is 2. The summed E-state index contributed by atoms with van der Waals surface area (Å²) in [6.45, 7) is 0.554. The second kappa shape index (κ2) is 15.3. The normalized spacial score (nSPS) is 11.0. The Labute approximate surface area is 240 Å². The zero-order chi connectivity index (χ0) is 30.5. The van der Waals surface area contributed by atoms with Gasteiger partial charge in [-0.15, -0.1) is 13.2 Å². The Balaban J connectivity index is 1.26. The summed E-state index contributed by atoms with van der Waals surface area (Å²) in [6, 6.07) is 15.5. The van der Waals surface area contributed by atoms with Gasteiger partial charge in [-0.3, -0.25) is 4.79 Å². The summed E-state index contributed by atoms with van der Waals surface area (Å²) in [5.41, 5.74) is 13.3. The number of anilines is 2. The summed E-state index contributed by atoms with van der Waals surface area (Å²) in [4.78, 5) is 36.3. The van der Waals surface area contributed by atoms with Gasteiger partial charge in [-0.25, -0.2) is 9.59 Å². The van der Waals surface area contributed by atoms with Crippen LogP contribution in [0.1, 0.15) is 58.4 Å². The Morgan fingerprint density at radius 3 is 1.83 bits per heavy atom. The molecule has 0 amide bonds. The molecule has 0 atom stereocenters. The average Bonchev–Trinajstić information content (AvgIpc) is 2.93. The van der Waals surface area contributed by atoms with Gasteiger partial charge in [-0.05, 0) is 92.3 Å². The molecule has 0 saturated heterocycles. The van der Waals surface area contributed by atoms with Crippen LogP contribution in [-0.4, -0.2) is 37.5 Å². The second-order valence-electron chi connectivity index (χ2n) is 9.26. The maximum atomic E-state index is 12.3. The van der Waals surface area contributed by atoms with E-state index >= 15 is 0 Å². The number of benzene rings is 3. The standard InChI is InChI=1S/C30H31F3N2O7/c31-30(32,33)42-26-12-8-21(9-13-26)29(38)41-25-10-5-20(6-11-25)7-14-27(36)39-15-3-1-2-4-16-40-28(37)22-17-23(34)19-24(35)18-22/h5-6,8-13,17-19H,1-4,7,14-16,34-35H2. The zero-order valence-electron chi connectivity index (χ0n) is 22.7. The number of unbranched alkanes of at least 4 members (excludes halogenated alkanes) is 3. The SMILES string of the molecule is Nc1cc(N)cc(C(=O)OCCCCCCOC(=O)CCc2ccc(OC(=O)c3ccc(OC(F)(F)F)cc3)cc2)c1. The molecule has 42 heavy (non-hydrogen) atoms. The molecule has 12 heteroatoms. The van der Waals surface area contributed by atoms with E-state index in [1.54, 1.807) is 30.3 Å². The highest BCUT2D eigenvalue weighted by Gasteiger charge is 2.31. The lowest BCUT2D eigenvalue weighted by atomic mass is 10.1. The van der Waals surface area contributed by atoms with Crippen LogP contribution in [0.4, 0.5) is 24.5 Å². The van der Waals surface area contributed by atoms with Gasteiger partial charge in [0, 0.05) is 17.8 Å². The fraction of sp³-hybridized carbons (Fsp3) is 0.300. The van der Waals surface area contributed by atoms with Crippen molar-refractivity contribution in [3.63, 3.8) is 0 Å². The van der Waals surface area contributed by atoms with Crippen LogP contribution in [0.2, 0.25) is 0 Å². The minimum absolute atomic E-state index is 0.0554. The van der Waals surface area contributed by atoms with Crippen LogP contribution in [0.5, 0.6) is 11.5 Å². The van der Waals surface area contributed by atoms with Crippen molar-refractivity contribution >= 4 is 29.3 Å². The van der Waals surface area contributed by atoms with E-state index < -0.39 is 24.1 Å². The van der Waals surface area contributed by atoms with E-state index in [9.17, 15) is 27.6 Å². The third-order valence-corrected chi connectivity index (χ3v) is 5.82. The first-order valence-electron chi connectivity index (χ1n) is 13.1. The van der Waals surface area contributed by atoms with Crippen molar-refractivity contribution in [3.8, 4) is 11.5 Å². The number of carbonyl (C=O) groups excluding carboxylic acids is 3. The van der Waals surface area contributed by atoms with E-state index in [0.717, 1.165) is 30.5 Å². The van der Waals surface area contributed by atoms with E-state index in [4.69, 9.17) is 25.7 Å². The number of hydrogen-bond donors (Lipinski definition) is 2. The van der Waals surface area contributed by atoms with Crippen LogP contribution >= 0.6 is 0 Å². The van der Waals surface area contributed by atoms with Crippen molar-refractivity contribution in [2.75, 3.05) is 24.7 Å². The van der Waals surface area contributed by atoms with Crippen molar-refractivity contribution in [2.24, 2.45) is 0 Å². The lowest BCUT2D eigenvalue weighted by Crippen LogP contribution is -2.17. The van der Waals surface area contributed by atoms with Crippen LogP contribution in [0.3, 0.4) is 0 Å². The number of halogens is 3. The molecule has 0 saturated carbocycles. The van der Waals surface area contributed by atoms with Gasteiger partial charge < -0.3 is 30.4 Å². The molecule has 0 aliphatic carbocycles. The van der Waals surface area contributed by atoms with Crippen molar-refractivity contribution in [2.45, 2.75) is 44.9 Å². The van der Waals surface area contributed by atoms with E-state index in [1.165, 1.54) is 24.3 Å². The fourth-order valence-electron chi connectivity index (χ4n) is 3.79. The average molecular weight is 589 g/mol. The zero-order valence-corrected chi connectivity index (χ0v) is 22.7. The first-order chi connectivity index (χ1) is 20.0. The third-order valence-electron chi connectivity index (χ3n) is 5.82. The molecule has 0 fully saturated rings. The Kier molecular flexibility index (Phi) is 11.6. The molecule has 0 aromatic heterocycles. The lowest BCUT2D eigenvalue weighted by Gasteiger charge is -2.09. The van der Waals surface area contributed by atoms with Crippen LogP contribution < -0.4 is 20.9 Å². The largest absolute Gasteiger partial charge is 0.573 e. The Hall–Kier alpha value is -4.74. The van der Waals surface area contributed by atoms with Crippen LogP contribution in [0, 0.1) is 0 Å². The molecule has 224 valence electrons. The lowest BCUT2D eigenvalue weighted by molar-refractivity contribution is -0.274. The van der Waals surface area contributed by atoms with Gasteiger partial charge in [0.1, 0.15) is 11.5 Å². The number of rotatable bonds is 14. The summed E-state index contributed by atoms with van der Waals surface area (Å²) >= 11 is 0. The summed E-state index contributed by atoms with van der Waals surface area (Å²) in [6.07, 6.45) is -1.25. The minimum Gasteiger partial charge on any atom is -0.466 e. The predicted octanol–water partition coefficient (Wildman–Crippen LogP) is 5.86. The van der Waals surface area contributed by atoms with Gasteiger partial charge >= 0.3 is 24.3 Å². The smallest absolute Gasteiger partial charge is 0.466 e. The van der Waals surface area contributed by atoms with Gasteiger partial charge in [-0.2, -0.15) is 0 Å². The van der Waals surface area contributed by atoms with Gasteiger partial charge in [0.15, 0.2) is 0 Å². The van der Waals surface area contributed by atoms with Gasteiger partial charge in [0.05, 0.1) is 24.3 Å². The minimum atomic E-state index is -4.82. The molecular weight excluding hydrogens is 557 g/mol. The number of ether oxygens (including phenoxy) is 4. The molecule has 0 aliphatic heterocycles. The maximum Gasteiger partial charge on any atom is 0.573 e. The van der Waals surface area contributed by atoms with E-state index in [2.05, 4.69) is 4.74 Å². The predicted molar refractivity (Wildman–Crippen MR) is 148 cm³/mol. The molecule has 0 aliphatic rings. The number of hydrogen-bond acceptors (Lipinski definition) is 9. The van der Waals surface area contributed by atoms with Crippen LogP contribution in [-0.2, 0) is 20.7 Å². The number of carbonyl (C=O) groups is 3. The van der Waals surface area contributed by atoms with E-state index in [0.29, 0.717) is 42.8 Å². The molecule has 0 unspecified atom stereocenters. The molecule has 3 aromatic rings. The molecule has 4 N–H and O–H groups in total.